The fourth-order valence-corrected chi connectivity index (χ4v) is 3.43. The van der Waals surface area contributed by atoms with Gasteiger partial charge in [0.05, 0.1) is 23.1 Å². The summed E-state index contributed by atoms with van der Waals surface area (Å²) in [6, 6.07) is 11.6. The average molecular weight is 369 g/mol. The van der Waals surface area contributed by atoms with Crippen LogP contribution in [0.1, 0.15) is 6.92 Å². The maximum Gasteiger partial charge on any atom is 0.242 e. The second-order valence-electron chi connectivity index (χ2n) is 4.99. The van der Waals surface area contributed by atoms with Gasteiger partial charge in [0.1, 0.15) is 5.75 Å². The summed E-state index contributed by atoms with van der Waals surface area (Å²) in [5, 5.41) is 2.94. The highest BCUT2D eigenvalue weighted by molar-refractivity contribution is 7.89. The first-order valence-corrected chi connectivity index (χ1v) is 8.91. The molecule has 2 aromatic rings. The zero-order chi connectivity index (χ0) is 17.7. The number of carbonyl (C=O) groups excluding carboxylic acids is 1. The van der Waals surface area contributed by atoms with Gasteiger partial charge < -0.3 is 10.1 Å². The maximum atomic E-state index is 12.2. The topological polar surface area (TPSA) is 84.5 Å². The summed E-state index contributed by atoms with van der Waals surface area (Å²) in [5.41, 5.74) is 0.441. The second-order valence-corrected chi connectivity index (χ2v) is 7.12. The van der Waals surface area contributed by atoms with Gasteiger partial charge in [-0.25, -0.2) is 8.42 Å². The SMILES string of the molecule is COc1ccc(NC(=O)[C@H](C)NS(=O)(=O)c2ccccc2)cc1Cl. The van der Waals surface area contributed by atoms with E-state index in [1.807, 2.05) is 0 Å². The summed E-state index contributed by atoms with van der Waals surface area (Å²) in [7, 11) is -2.29. The van der Waals surface area contributed by atoms with E-state index in [-0.39, 0.29) is 4.90 Å². The molecule has 1 amide bonds. The molecule has 0 spiro atoms. The van der Waals surface area contributed by atoms with Crippen molar-refractivity contribution in [3.63, 3.8) is 0 Å². The van der Waals surface area contributed by atoms with E-state index in [1.54, 1.807) is 30.3 Å². The number of methoxy groups -OCH3 is 1. The molecule has 6 nitrogen and oxygen atoms in total. The summed E-state index contributed by atoms with van der Waals surface area (Å²) in [5.74, 6) is -0.0248. The van der Waals surface area contributed by atoms with Crippen LogP contribution in [0.25, 0.3) is 0 Å². The number of rotatable bonds is 6. The number of anilines is 1. The number of amides is 1. The number of ether oxygens (including phenoxy) is 1. The Morgan fingerprint density at radius 3 is 2.42 bits per heavy atom. The molecule has 0 heterocycles. The third-order valence-electron chi connectivity index (χ3n) is 3.20. The van der Waals surface area contributed by atoms with Gasteiger partial charge in [-0.15, -0.1) is 0 Å². The molecule has 2 rings (SSSR count). The third-order valence-corrected chi connectivity index (χ3v) is 5.05. The van der Waals surface area contributed by atoms with Crippen molar-refractivity contribution in [1.82, 2.24) is 4.72 Å². The lowest BCUT2D eigenvalue weighted by molar-refractivity contribution is -0.117. The van der Waals surface area contributed by atoms with Crippen LogP contribution in [0.3, 0.4) is 0 Å². The van der Waals surface area contributed by atoms with Crippen molar-refractivity contribution in [1.29, 1.82) is 0 Å². The maximum absolute atomic E-state index is 12.2. The minimum absolute atomic E-state index is 0.0946. The summed E-state index contributed by atoms with van der Waals surface area (Å²) in [6.45, 7) is 1.46. The van der Waals surface area contributed by atoms with E-state index >= 15 is 0 Å². The Hall–Kier alpha value is -2.09. The molecule has 128 valence electrons. The van der Waals surface area contributed by atoms with E-state index in [4.69, 9.17) is 16.3 Å². The zero-order valence-electron chi connectivity index (χ0n) is 13.1. The van der Waals surface area contributed by atoms with Crippen LogP contribution in [0.15, 0.2) is 53.4 Å². The Balaban J connectivity index is 2.06. The van der Waals surface area contributed by atoms with Crippen LogP contribution in [0, 0.1) is 0 Å². The van der Waals surface area contributed by atoms with Gasteiger partial charge in [0.15, 0.2) is 0 Å². The Labute approximate surface area is 145 Å². The van der Waals surface area contributed by atoms with Crippen molar-refractivity contribution >= 4 is 33.2 Å². The van der Waals surface area contributed by atoms with Crippen molar-refractivity contribution in [2.45, 2.75) is 17.9 Å². The van der Waals surface area contributed by atoms with Crippen molar-refractivity contribution in [2.75, 3.05) is 12.4 Å². The molecular formula is C16H17ClN2O4S. The minimum atomic E-state index is -3.77. The Bertz CT molecular complexity index is 825. The highest BCUT2D eigenvalue weighted by Crippen LogP contribution is 2.27. The van der Waals surface area contributed by atoms with E-state index < -0.39 is 22.0 Å². The van der Waals surface area contributed by atoms with E-state index in [9.17, 15) is 13.2 Å². The lowest BCUT2D eigenvalue weighted by atomic mass is 10.2. The van der Waals surface area contributed by atoms with Crippen LogP contribution in [0.2, 0.25) is 5.02 Å². The lowest BCUT2D eigenvalue weighted by Gasteiger charge is -2.15. The summed E-state index contributed by atoms with van der Waals surface area (Å²) < 4.78 is 31.8. The van der Waals surface area contributed by atoms with Crippen molar-refractivity contribution in [3.8, 4) is 5.75 Å². The van der Waals surface area contributed by atoms with Gasteiger partial charge in [0, 0.05) is 5.69 Å². The molecule has 0 bridgehead atoms. The molecule has 0 aromatic heterocycles. The molecule has 0 aliphatic rings. The van der Waals surface area contributed by atoms with Crippen molar-refractivity contribution < 1.29 is 17.9 Å². The third kappa shape index (κ3) is 4.47. The van der Waals surface area contributed by atoms with Gasteiger partial charge in [-0.2, -0.15) is 4.72 Å². The predicted octanol–water partition coefficient (Wildman–Crippen LogP) is 2.65. The average Bonchev–Trinajstić information content (AvgIpc) is 2.55. The molecule has 24 heavy (non-hydrogen) atoms. The molecule has 0 aliphatic carbocycles. The normalized spacial score (nSPS) is 12.5. The van der Waals surface area contributed by atoms with Crippen molar-refractivity contribution in [2.24, 2.45) is 0 Å². The summed E-state index contributed by atoms with van der Waals surface area (Å²) >= 11 is 5.99. The molecule has 2 aromatic carbocycles. The number of nitrogens with one attached hydrogen (secondary N) is 2. The first-order valence-electron chi connectivity index (χ1n) is 7.05. The summed E-state index contributed by atoms with van der Waals surface area (Å²) in [6.07, 6.45) is 0. The van der Waals surface area contributed by atoms with E-state index in [2.05, 4.69) is 10.0 Å². The lowest BCUT2D eigenvalue weighted by Crippen LogP contribution is -2.41. The highest BCUT2D eigenvalue weighted by atomic mass is 35.5. The Kier molecular flexibility index (Phi) is 5.82. The molecule has 0 aliphatic heterocycles. The van der Waals surface area contributed by atoms with Gasteiger partial charge in [0.25, 0.3) is 0 Å². The number of halogens is 1. The zero-order valence-corrected chi connectivity index (χ0v) is 14.7. The quantitative estimate of drug-likeness (QED) is 0.820. The highest BCUT2D eigenvalue weighted by Gasteiger charge is 2.22. The van der Waals surface area contributed by atoms with Gasteiger partial charge >= 0.3 is 0 Å². The second kappa shape index (κ2) is 7.65. The van der Waals surface area contributed by atoms with E-state index in [1.165, 1.54) is 32.2 Å². The first-order chi connectivity index (χ1) is 11.3. The fourth-order valence-electron chi connectivity index (χ4n) is 1.95. The van der Waals surface area contributed by atoms with Gasteiger partial charge in [-0.3, -0.25) is 4.79 Å². The van der Waals surface area contributed by atoms with Crippen LogP contribution < -0.4 is 14.8 Å². The smallest absolute Gasteiger partial charge is 0.242 e. The Morgan fingerprint density at radius 1 is 1.17 bits per heavy atom. The molecule has 0 fully saturated rings. The van der Waals surface area contributed by atoms with E-state index in [0.717, 1.165) is 0 Å². The van der Waals surface area contributed by atoms with Crippen molar-refractivity contribution in [3.05, 3.63) is 53.6 Å². The van der Waals surface area contributed by atoms with Crippen LogP contribution in [-0.2, 0) is 14.8 Å². The first kappa shape index (κ1) is 18.3. The monoisotopic (exact) mass is 368 g/mol. The van der Waals surface area contributed by atoms with Crippen LogP contribution >= 0.6 is 11.6 Å². The van der Waals surface area contributed by atoms with Crippen LogP contribution in [0.5, 0.6) is 5.75 Å². The standard InChI is InChI=1S/C16H17ClN2O4S/c1-11(19-24(21,22)13-6-4-3-5-7-13)16(20)18-12-8-9-15(23-2)14(17)10-12/h3-11,19H,1-2H3,(H,18,20)/t11-/m0/s1. The number of hydrogen-bond donors (Lipinski definition) is 2. The molecule has 2 N–H and O–H groups in total. The van der Waals surface area contributed by atoms with Crippen LogP contribution in [0.4, 0.5) is 5.69 Å². The van der Waals surface area contributed by atoms with Gasteiger partial charge in [0.2, 0.25) is 15.9 Å². The van der Waals surface area contributed by atoms with Gasteiger partial charge in [-0.05, 0) is 37.3 Å². The van der Waals surface area contributed by atoms with Gasteiger partial charge in [-0.1, -0.05) is 29.8 Å². The summed E-state index contributed by atoms with van der Waals surface area (Å²) in [4.78, 5) is 12.3. The molecule has 0 saturated heterocycles. The largest absolute Gasteiger partial charge is 0.495 e. The molecule has 0 unspecified atom stereocenters. The number of hydrogen-bond acceptors (Lipinski definition) is 4. The molecular weight excluding hydrogens is 352 g/mol. The molecule has 0 saturated carbocycles. The minimum Gasteiger partial charge on any atom is -0.495 e. The Morgan fingerprint density at radius 2 is 1.83 bits per heavy atom. The number of benzene rings is 2. The number of carbonyl (C=O) groups is 1. The molecule has 8 heteroatoms. The number of sulfonamides is 1. The molecule has 1 atom stereocenters. The molecule has 0 radical (unpaired) electrons. The fraction of sp³-hybridized carbons (Fsp3) is 0.188. The van der Waals surface area contributed by atoms with Crippen LogP contribution in [-0.4, -0.2) is 27.5 Å². The predicted molar refractivity (Wildman–Crippen MR) is 92.9 cm³/mol. The van der Waals surface area contributed by atoms with E-state index in [0.29, 0.717) is 16.5 Å².